The van der Waals surface area contributed by atoms with Gasteiger partial charge in [0.15, 0.2) is 6.10 Å². The second-order valence-electron chi connectivity index (χ2n) is 6.13. The molecule has 7 nitrogen and oxygen atoms in total. The van der Waals surface area contributed by atoms with Gasteiger partial charge in [0.1, 0.15) is 11.3 Å². The second kappa shape index (κ2) is 8.35. The third-order valence-corrected chi connectivity index (χ3v) is 4.04. The summed E-state index contributed by atoms with van der Waals surface area (Å²) in [7, 11) is 0. The maximum Gasteiger partial charge on any atom is 0.344 e. The first-order valence-electron chi connectivity index (χ1n) is 8.98. The Bertz CT molecular complexity index is 1100. The van der Waals surface area contributed by atoms with Crippen LogP contribution in [0.15, 0.2) is 83.4 Å². The molecule has 4 aromatic rings. The van der Waals surface area contributed by atoms with E-state index in [2.05, 4.69) is 15.2 Å². The van der Waals surface area contributed by atoms with E-state index in [-0.39, 0.29) is 17.3 Å². The first-order valence-corrected chi connectivity index (χ1v) is 8.98. The first-order chi connectivity index (χ1) is 14.2. The molecule has 0 saturated heterocycles. The molecule has 1 atom stereocenters. The number of nitrogens with zero attached hydrogens (tertiary/aromatic N) is 3. The van der Waals surface area contributed by atoms with E-state index in [4.69, 9.17) is 13.9 Å². The summed E-state index contributed by atoms with van der Waals surface area (Å²) < 4.78 is 16.9. The van der Waals surface area contributed by atoms with Crippen LogP contribution in [0.4, 0.5) is 0 Å². The van der Waals surface area contributed by atoms with Crippen LogP contribution in [0.3, 0.4) is 0 Å². The summed E-state index contributed by atoms with van der Waals surface area (Å²) in [4.78, 5) is 16.8. The van der Waals surface area contributed by atoms with E-state index in [0.29, 0.717) is 11.6 Å². The zero-order valence-corrected chi connectivity index (χ0v) is 15.6. The predicted octanol–water partition coefficient (Wildman–Crippen LogP) is 4.84. The van der Waals surface area contributed by atoms with Crippen molar-refractivity contribution >= 4 is 5.97 Å². The highest BCUT2D eigenvalue weighted by Crippen LogP contribution is 2.26. The fourth-order valence-electron chi connectivity index (χ4n) is 2.60. The van der Waals surface area contributed by atoms with Gasteiger partial charge < -0.3 is 13.9 Å². The van der Waals surface area contributed by atoms with Crippen molar-refractivity contribution in [3.63, 3.8) is 0 Å². The van der Waals surface area contributed by atoms with Gasteiger partial charge in [0.05, 0.1) is 0 Å². The van der Waals surface area contributed by atoms with Gasteiger partial charge in [-0.05, 0) is 43.3 Å². The molecule has 7 heteroatoms. The number of hydrogen-bond acceptors (Lipinski definition) is 7. The van der Waals surface area contributed by atoms with Crippen LogP contribution in [0.2, 0.25) is 0 Å². The Kier molecular flexibility index (Phi) is 5.29. The third-order valence-electron chi connectivity index (χ3n) is 4.04. The minimum Gasteiger partial charge on any atom is -0.449 e. The normalized spacial score (nSPS) is 11.6. The van der Waals surface area contributed by atoms with E-state index < -0.39 is 12.1 Å². The molecule has 0 spiro atoms. The van der Waals surface area contributed by atoms with Crippen molar-refractivity contribution < 1.29 is 18.7 Å². The highest BCUT2D eigenvalue weighted by Gasteiger charge is 2.23. The number of ether oxygens (including phenoxy) is 2. The Morgan fingerprint density at radius 2 is 1.66 bits per heavy atom. The average Bonchev–Trinajstić information content (AvgIpc) is 3.26. The van der Waals surface area contributed by atoms with Gasteiger partial charge in [-0.1, -0.05) is 36.4 Å². The van der Waals surface area contributed by atoms with Crippen LogP contribution in [0.5, 0.6) is 11.6 Å². The molecule has 0 radical (unpaired) electrons. The first kappa shape index (κ1) is 18.4. The van der Waals surface area contributed by atoms with Crippen LogP contribution in [-0.2, 0) is 4.74 Å². The third kappa shape index (κ3) is 4.30. The van der Waals surface area contributed by atoms with E-state index in [1.807, 2.05) is 48.5 Å². The lowest BCUT2D eigenvalue weighted by Gasteiger charge is -2.12. The van der Waals surface area contributed by atoms with Crippen molar-refractivity contribution in [1.82, 2.24) is 15.2 Å². The number of pyridine rings is 1. The SMILES string of the molecule is C[C@H](OC(=O)c1cccnc1Oc1ccccc1)c1nnc(-c2ccccc2)o1. The highest BCUT2D eigenvalue weighted by molar-refractivity contribution is 5.92. The maximum atomic E-state index is 12.7. The molecular weight excluding hydrogens is 370 g/mol. The van der Waals surface area contributed by atoms with Crippen molar-refractivity contribution in [3.05, 3.63) is 90.4 Å². The van der Waals surface area contributed by atoms with Crippen LogP contribution in [0.25, 0.3) is 11.5 Å². The van der Waals surface area contributed by atoms with Crippen LogP contribution >= 0.6 is 0 Å². The van der Waals surface area contributed by atoms with Crippen molar-refractivity contribution in [2.75, 3.05) is 0 Å². The van der Waals surface area contributed by atoms with Gasteiger partial charge >= 0.3 is 5.97 Å². The Hall–Kier alpha value is -4.00. The molecule has 4 rings (SSSR count). The van der Waals surface area contributed by atoms with Crippen LogP contribution < -0.4 is 4.74 Å². The lowest BCUT2D eigenvalue weighted by molar-refractivity contribution is 0.0276. The molecule has 0 fully saturated rings. The predicted molar refractivity (Wildman–Crippen MR) is 104 cm³/mol. The molecule has 29 heavy (non-hydrogen) atoms. The Balaban J connectivity index is 1.49. The molecule has 0 aliphatic rings. The van der Waals surface area contributed by atoms with Crippen molar-refractivity contribution in [2.45, 2.75) is 13.0 Å². The molecule has 0 unspecified atom stereocenters. The van der Waals surface area contributed by atoms with Gasteiger partial charge in [0.2, 0.25) is 11.8 Å². The van der Waals surface area contributed by atoms with Gasteiger partial charge in [-0.2, -0.15) is 0 Å². The van der Waals surface area contributed by atoms with Crippen molar-refractivity contribution in [2.24, 2.45) is 0 Å². The van der Waals surface area contributed by atoms with Gasteiger partial charge in [0, 0.05) is 11.8 Å². The van der Waals surface area contributed by atoms with Crippen LogP contribution in [0, 0.1) is 0 Å². The van der Waals surface area contributed by atoms with Crippen LogP contribution in [-0.4, -0.2) is 21.2 Å². The number of para-hydroxylation sites is 1. The maximum absolute atomic E-state index is 12.7. The Morgan fingerprint density at radius 3 is 2.41 bits per heavy atom. The largest absolute Gasteiger partial charge is 0.449 e. The van der Waals surface area contributed by atoms with E-state index >= 15 is 0 Å². The van der Waals surface area contributed by atoms with Crippen molar-refractivity contribution in [3.8, 4) is 23.1 Å². The number of rotatable bonds is 6. The molecule has 0 saturated carbocycles. The van der Waals surface area contributed by atoms with E-state index in [1.165, 1.54) is 0 Å². The Labute approximate surface area is 167 Å². The number of esters is 1. The molecular formula is C22H17N3O4. The van der Waals surface area contributed by atoms with Crippen LogP contribution in [0.1, 0.15) is 29.3 Å². The topological polar surface area (TPSA) is 87.3 Å². The number of carbonyl (C=O) groups excluding carboxylic acids is 1. The summed E-state index contributed by atoms with van der Waals surface area (Å²) >= 11 is 0. The lowest BCUT2D eigenvalue weighted by atomic mass is 10.2. The standard InChI is InChI=1S/C22H17N3O4/c1-15(19-24-25-20(29-19)16-9-4-2-5-10-16)27-22(26)18-13-8-14-23-21(18)28-17-11-6-3-7-12-17/h2-15H,1H3/t15-/m0/s1. The smallest absolute Gasteiger partial charge is 0.344 e. The number of carbonyl (C=O) groups is 1. The Morgan fingerprint density at radius 1 is 0.931 bits per heavy atom. The molecule has 2 heterocycles. The summed E-state index contributed by atoms with van der Waals surface area (Å²) in [5.74, 6) is 0.685. The summed E-state index contributed by atoms with van der Waals surface area (Å²) in [5, 5.41) is 8.00. The molecule has 2 aromatic carbocycles. The van der Waals surface area contributed by atoms with Gasteiger partial charge in [-0.25, -0.2) is 9.78 Å². The summed E-state index contributed by atoms with van der Waals surface area (Å²) in [6.07, 6.45) is 0.806. The minimum atomic E-state index is -0.739. The van der Waals surface area contributed by atoms with Crippen molar-refractivity contribution in [1.29, 1.82) is 0 Å². The quantitative estimate of drug-likeness (QED) is 0.437. The summed E-state index contributed by atoms with van der Waals surface area (Å²) in [5.41, 5.74) is 0.988. The fraction of sp³-hybridized carbons (Fsp3) is 0.0909. The average molecular weight is 387 g/mol. The number of hydrogen-bond donors (Lipinski definition) is 0. The highest BCUT2D eigenvalue weighted by atomic mass is 16.6. The zero-order valence-electron chi connectivity index (χ0n) is 15.6. The summed E-state index contributed by atoms with van der Waals surface area (Å²) in [6, 6.07) is 21.7. The molecule has 0 bridgehead atoms. The lowest BCUT2D eigenvalue weighted by Crippen LogP contribution is -2.11. The molecule has 144 valence electrons. The molecule has 0 aliphatic carbocycles. The zero-order chi connectivity index (χ0) is 20.1. The molecule has 0 amide bonds. The summed E-state index contributed by atoms with van der Waals surface area (Å²) in [6.45, 7) is 1.66. The van der Waals surface area contributed by atoms with Gasteiger partial charge in [-0.15, -0.1) is 10.2 Å². The number of benzene rings is 2. The molecule has 0 aliphatic heterocycles. The number of aromatic nitrogens is 3. The molecule has 0 N–H and O–H groups in total. The van der Waals surface area contributed by atoms with Gasteiger partial charge in [-0.3, -0.25) is 0 Å². The van der Waals surface area contributed by atoms with Gasteiger partial charge in [0.25, 0.3) is 5.89 Å². The monoisotopic (exact) mass is 387 g/mol. The molecule has 2 aromatic heterocycles. The second-order valence-corrected chi connectivity index (χ2v) is 6.13. The minimum absolute atomic E-state index is 0.159. The van der Waals surface area contributed by atoms with E-state index in [1.54, 1.807) is 37.4 Å². The van der Waals surface area contributed by atoms with E-state index in [0.717, 1.165) is 5.56 Å². The van der Waals surface area contributed by atoms with E-state index in [9.17, 15) is 4.79 Å². The fourth-order valence-corrected chi connectivity index (χ4v) is 2.60.